The molecule has 0 spiro atoms. The van der Waals surface area contributed by atoms with Crippen molar-refractivity contribution in [2.75, 3.05) is 124 Å². The van der Waals surface area contributed by atoms with Crippen LogP contribution in [0.1, 0.15) is 29.2 Å². The molecule has 4 saturated heterocycles. The van der Waals surface area contributed by atoms with Gasteiger partial charge in [0.05, 0.1) is 5.69 Å². The van der Waals surface area contributed by atoms with Gasteiger partial charge in [-0.1, -0.05) is 78.4 Å². The van der Waals surface area contributed by atoms with E-state index in [1.165, 1.54) is 33.8 Å². The minimum Gasteiger partial charge on any atom is -0.382 e. The fourth-order valence-corrected chi connectivity index (χ4v) is 8.28. The Balaban J connectivity index is 0.000000137. The lowest BCUT2D eigenvalue weighted by atomic mass is 10.1. The molecule has 2 aromatic heterocycles. The number of benzene rings is 4. The Morgan fingerprint density at radius 3 is 1.59 bits per heavy atom. The molecule has 1 unspecified atom stereocenters. The van der Waals surface area contributed by atoms with E-state index in [0.29, 0.717) is 11.9 Å². The minimum atomic E-state index is 0.460. The van der Waals surface area contributed by atoms with E-state index in [0.717, 1.165) is 121 Å². The molecule has 1 atom stereocenters. The number of nitrogens with two attached hydrogens (primary N) is 1. The van der Waals surface area contributed by atoms with Gasteiger partial charge >= 0.3 is 0 Å². The SMILES string of the molecule is Cc1cc(N)nnc1-c1ccccc1.Cc1ccc(N2CCNCC2)cc1.Cc1cccc(N2CCNCC2)c1.Cc1cccc(N2CCNCC2C)c1.c1ccc(N2CCNCC2)nc1. The summed E-state index contributed by atoms with van der Waals surface area (Å²) >= 11 is 0. The van der Waals surface area contributed by atoms with Crippen LogP contribution in [-0.2, 0) is 0 Å². The quantitative estimate of drug-likeness (QED) is 0.121. The lowest BCUT2D eigenvalue weighted by molar-refractivity contribution is 0.501. The van der Waals surface area contributed by atoms with E-state index in [1.54, 1.807) is 0 Å². The topological polar surface area (TPSA) is 126 Å². The Morgan fingerprint density at radius 1 is 0.485 bits per heavy atom. The largest absolute Gasteiger partial charge is 0.382 e. The third kappa shape index (κ3) is 16.1. The molecule has 4 aliphatic rings. The van der Waals surface area contributed by atoms with Gasteiger partial charge in [0.1, 0.15) is 11.6 Å². The maximum atomic E-state index is 5.53. The highest BCUT2D eigenvalue weighted by atomic mass is 15.2. The van der Waals surface area contributed by atoms with Crippen molar-refractivity contribution in [3.05, 3.63) is 156 Å². The zero-order chi connectivity index (χ0) is 46.4. The summed E-state index contributed by atoms with van der Waals surface area (Å²) in [6.45, 7) is 27.2. The molecule has 4 aliphatic heterocycles. The Hall–Kier alpha value is -6.05. The van der Waals surface area contributed by atoms with Crippen LogP contribution in [0.5, 0.6) is 0 Å². The number of piperazine rings is 4. The number of nitrogens with one attached hydrogen (secondary N) is 4. The van der Waals surface area contributed by atoms with Crippen LogP contribution in [0.15, 0.2) is 134 Å². The molecule has 350 valence electrons. The van der Waals surface area contributed by atoms with Gasteiger partial charge in [0.15, 0.2) is 0 Å². The first-order valence-electron chi connectivity index (χ1n) is 23.8. The number of nitrogens with zero attached hydrogens (tertiary/aromatic N) is 7. The zero-order valence-corrected chi connectivity index (χ0v) is 40.1. The number of hydrogen-bond acceptors (Lipinski definition) is 12. The second-order valence-electron chi connectivity index (χ2n) is 17.3. The maximum absolute atomic E-state index is 5.53. The summed E-state index contributed by atoms with van der Waals surface area (Å²) in [5.74, 6) is 1.56. The number of hydrogen-bond donors (Lipinski definition) is 5. The summed E-state index contributed by atoms with van der Waals surface area (Å²) in [4.78, 5) is 13.9. The number of pyridine rings is 1. The Bertz CT molecular complexity index is 2260. The summed E-state index contributed by atoms with van der Waals surface area (Å²) in [6, 6.07) is 44.7. The van der Waals surface area contributed by atoms with E-state index in [-0.39, 0.29) is 0 Å². The predicted octanol–water partition coefficient (Wildman–Crippen LogP) is 7.13. The molecule has 4 fully saturated rings. The van der Waals surface area contributed by atoms with E-state index >= 15 is 0 Å². The number of nitrogen functional groups attached to an aromatic ring is 1. The van der Waals surface area contributed by atoms with Crippen molar-refractivity contribution in [2.45, 2.75) is 40.7 Å². The molecule has 0 amide bonds. The van der Waals surface area contributed by atoms with Gasteiger partial charge in [-0.15, -0.1) is 10.2 Å². The van der Waals surface area contributed by atoms with Crippen molar-refractivity contribution >= 4 is 28.7 Å². The highest BCUT2D eigenvalue weighted by Crippen LogP contribution is 2.22. The first-order chi connectivity index (χ1) is 32.2. The molecule has 6 aromatic rings. The fourth-order valence-electron chi connectivity index (χ4n) is 8.28. The molecular formula is C54H74N12. The lowest BCUT2D eigenvalue weighted by Gasteiger charge is -2.36. The Labute approximate surface area is 395 Å². The third-order valence-corrected chi connectivity index (χ3v) is 12.0. The van der Waals surface area contributed by atoms with Gasteiger partial charge in [0, 0.05) is 133 Å². The van der Waals surface area contributed by atoms with Crippen LogP contribution in [0.3, 0.4) is 0 Å². The summed E-state index contributed by atoms with van der Waals surface area (Å²) in [5.41, 5.74) is 16.6. The van der Waals surface area contributed by atoms with Crippen LogP contribution in [0.25, 0.3) is 11.3 Å². The highest BCUT2D eigenvalue weighted by molar-refractivity contribution is 5.63. The van der Waals surface area contributed by atoms with Crippen molar-refractivity contribution in [2.24, 2.45) is 0 Å². The number of aryl methyl sites for hydroxylation is 4. The monoisotopic (exact) mass is 891 g/mol. The standard InChI is InChI=1S/C12H18N2.C11H11N3.2C11H16N2.C9H13N3/c1-10-4-3-5-12(8-10)14-7-6-13-9-11(14)2;1-8-7-10(12)13-14-11(8)9-5-3-2-4-6-9;1-10-2-4-11(5-3-10)13-8-6-12-7-9-13;1-10-3-2-4-11(9-10)13-7-5-12-6-8-13;1-2-4-11-9(3-1)12-7-5-10-6-8-12/h3-5,8,11,13H,6-7,9H2,1-2H3;2-7H,1H3,(H2,12,13);2-5,12H,6-9H2,1H3;2-4,9,12H,5-8H2,1H3;1-4,10H,5-8H2. The van der Waals surface area contributed by atoms with Gasteiger partial charge in [-0.25, -0.2) is 4.98 Å². The predicted molar refractivity (Wildman–Crippen MR) is 279 cm³/mol. The van der Waals surface area contributed by atoms with Crippen molar-refractivity contribution in [3.8, 4) is 11.3 Å². The van der Waals surface area contributed by atoms with Crippen LogP contribution >= 0.6 is 0 Å². The van der Waals surface area contributed by atoms with E-state index < -0.39 is 0 Å². The average molecular weight is 891 g/mol. The normalized spacial score (nSPS) is 17.0. The fraction of sp³-hybridized carbons (Fsp3) is 0.389. The van der Waals surface area contributed by atoms with Crippen LogP contribution in [0.2, 0.25) is 0 Å². The van der Waals surface area contributed by atoms with Gasteiger partial charge < -0.3 is 46.6 Å². The molecule has 4 aromatic carbocycles. The second kappa shape index (κ2) is 26.8. The van der Waals surface area contributed by atoms with Crippen molar-refractivity contribution in [3.63, 3.8) is 0 Å². The van der Waals surface area contributed by atoms with Crippen LogP contribution in [0.4, 0.5) is 28.7 Å². The summed E-state index contributed by atoms with van der Waals surface area (Å²) in [5, 5.41) is 21.4. The van der Waals surface area contributed by atoms with Gasteiger partial charge in [0.25, 0.3) is 0 Å². The molecule has 10 rings (SSSR count). The maximum Gasteiger partial charge on any atom is 0.146 e. The second-order valence-corrected chi connectivity index (χ2v) is 17.3. The van der Waals surface area contributed by atoms with Gasteiger partial charge in [-0.2, -0.15) is 0 Å². The first-order valence-corrected chi connectivity index (χ1v) is 23.8. The van der Waals surface area contributed by atoms with E-state index in [2.05, 4.69) is 163 Å². The van der Waals surface area contributed by atoms with Crippen LogP contribution in [-0.4, -0.2) is 119 Å². The molecule has 0 bridgehead atoms. The van der Waals surface area contributed by atoms with E-state index in [1.807, 2.05) is 61.7 Å². The third-order valence-electron chi connectivity index (χ3n) is 12.0. The average Bonchev–Trinajstić information content (AvgIpc) is 3.37. The highest BCUT2D eigenvalue weighted by Gasteiger charge is 2.18. The zero-order valence-electron chi connectivity index (χ0n) is 40.1. The smallest absolute Gasteiger partial charge is 0.146 e. The van der Waals surface area contributed by atoms with Gasteiger partial charge in [0.2, 0.25) is 0 Å². The van der Waals surface area contributed by atoms with Crippen LogP contribution < -0.4 is 46.6 Å². The lowest BCUT2D eigenvalue weighted by Crippen LogP contribution is -2.49. The van der Waals surface area contributed by atoms with Gasteiger partial charge in [-0.05, 0) is 106 Å². The summed E-state index contributed by atoms with van der Waals surface area (Å²) in [7, 11) is 0. The molecule has 0 saturated carbocycles. The molecular weight excluding hydrogens is 817 g/mol. The van der Waals surface area contributed by atoms with Crippen molar-refractivity contribution in [1.82, 2.24) is 36.4 Å². The van der Waals surface area contributed by atoms with Crippen molar-refractivity contribution in [1.29, 1.82) is 0 Å². The molecule has 12 heteroatoms. The number of aromatic nitrogens is 3. The number of anilines is 5. The number of rotatable bonds is 5. The van der Waals surface area contributed by atoms with E-state index in [4.69, 9.17) is 5.73 Å². The summed E-state index contributed by atoms with van der Waals surface area (Å²) in [6.07, 6.45) is 1.84. The molecule has 6 N–H and O–H groups in total. The Morgan fingerprint density at radius 2 is 1.03 bits per heavy atom. The summed E-state index contributed by atoms with van der Waals surface area (Å²) < 4.78 is 0. The van der Waals surface area contributed by atoms with E-state index in [9.17, 15) is 0 Å². The molecule has 0 aliphatic carbocycles. The molecule has 12 nitrogen and oxygen atoms in total. The van der Waals surface area contributed by atoms with Gasteiger partial charge in [-0.3, -0.25) is 0 Å². The minimum absolute atomic E-state index is 0.460. The molecule has 66 heavy (non-hydrogen) atoms. The molecule has 6 heterocycles. The van der Waals surface area contributed by atoms with Crippen LogP contribution in [0, 0.1) is 27.7 Å². The Kier molecular flexibility index (Phi) is 20.1. The first kappa shape index (κ1) is 49.4. The molecule has 0 radical (unpaired) electrons. The van der Waals surface area contributed by atoms with Crippen molar-refractivity contribution < 1.29 is 0 Å².